The standard InChI is InChI=1S/C23H23F3N4O2/c1-15-18(13-27-29(15)2)22(31)30-10-11-32-21(14-30)20-9-5-7-17(28-20)12-16-6-3-4-8-19(16)23(24,25)26/h3-9,13,21H,10-12,14H2,1-2H3/t21-/m1/s1. The second kappa shape index (κ2) is 8.74. The highest BCUT2D eigenvalue weighted by Gasteiger charge is 2.33. The molecular weight excluding hydrogens is 421 g/mol. The fourth-order valence-corrected chi connectivity index (χ4v) is 3.81. The molecule has 0 radical (unpaired) electrons. The summed E-state index contributed by atoms with van der Waals surface area (Å²) in [4.78, 5) is 19.2. The van der Waals surface area contributed by atoms with E-state index in [2.05, 4.69) is 10.1 Å². The first-order chi connectivity index (χ1) is 15.2. The highest BCUT2D eigenvalue weighted by Crippen LogP contribution is 2.33. The first-order valence-corrected chi connectivity index (χ1v) is 10.2. The van der Waals surface area contributed by atoms with Gasteiger partial charge >= 0.3 is 6.18 Å². The number of aromatic nitrogens is 3. The zero-order valence-corrected chi connectivity index (χ0v) is 17.8. The van der Waals surface area contributed by atoms with Gasteiger partial charge in [-0.15, -0.1) is 0 Å². The summed E-state index contributed by atoms with van der Waals surface area (Å²) >= 11 is 0. The molecule has 1 amide bonds. The molecule has 0 spiro atoms. The molecule has 6 nitrogen and oxygen atoms in total. The zero-order chi connectivity index (χ0) is 22.9. The van der Waals surface area contributed by atoms with Crippen LogP contribution < -0.4 is 0 Å². The highest BCUT2D eigenvalue weighted by atomic mass is 19.4. The average molecular weight is 444 g/mol. The van der Waals surface area contributed by atoms with Crippen LogP contribution in [0.2, 0.25) is 0 Å². The van der Waals surface area contributed by atoms with Crippen molar-refractivity contribution in [3.63, 3.8) is 0 Å². The summed E-state index contributed by atoms with van der Waals surface area (Å²) in [5.74, 6) is -0.126. The van der Waals surface area contributed by atoms with Gasteiger partial charge in [0.05, 0.1) is 36.2 Å². The van der Waals surface area contributed by atoms with E-state index < -0.39 is 17.8 Å². The van der Waals surface area contributed by atoms with E-state index in [1.165, 1.54) is 12.1 Å². The SMILES string of the molecule is Cc1c(C(=O)N2CCO[C@@H](c3cccc(Cc4ccccc4C(F)(F)F)n3)C2)cnn1C. The van der Waals surface area contributed by atoms with Crippen molar-refractivity contribution in [3.8, 4) is 0 Å². The Morgan fingerprint density at radius 1 is 1.19 bits per heavy atom. The van der Waals surface area contributed by atoms with Gasteiger partial charge in [-0.1, -0.05) is 24.3 Å². The van der Waals surface area contributed by atoms with Crippen LogP contribution in [0.3, 0.4) is 0 Å². The minimum Gasteiger partial charge on any atom is -0.368 e. The fourth-order valence-electron chi connectivity index (χ4n) is 3.81. The maximum atomic E-state index is 13.3. The van der Waals surface area contributed by atoms with E-state index in [-0.39, 0.29) is 17.9 Å². The van der Waals surface area contributed by atoms with E-state index in [4.69, 9.17) is 4.74 Å². The number of pyridine rings is 1. The number of alkyl halides is 3. The van der Waals surface area contributed by atoms with E-state index >= 15 is 0 Å². The molecule has 9 heteroatoms. The third-order valence-corrected chi connectivity index (χ3v) is 5.67. The van der Waals surface area contributed by atoms with Crippen LogP contribution in [0.4, 0.5) is 13.2 Å². The predicted octanol–water partition coefficient (Wildman–Crippen LogP) is 3.95. The minimum atomic E-state index is -4.42. The Hall–Kier alpha value is -3.20. The third-order valence-electron chi connectivity index (χ3n) is 5.67. The molecule has 1 aliphatic rings. The Balaban J connectivity index is 1.52. The molecule has 4 rings (SSSR count). The van der Waals surface area contributed by atoms with Crippen LogP contribution in [0.1, 0.15) is 44.7 Å². The second-order valence-electron chi connectivity index (χ2n) is 7.76. The van der Waals surface area contributed by atoms with Gasteiger partial charge in [0, 0.05) is 31.4 Å². The predicted molar refractivity (Wildman–Crippen MR) is 111 cm³/mol. The molecule has 1 aromatic carbocycles. The number of nitrogens with zero attached hydrogens (tertiary/aromatic N) is 4. The van der Waals surface area contributed by atoms with Crippen LogP contribution >= 0.6 is 0 Å². The van der Waals surface area contributed by atoms with Gasteiger partial charge in [-0.05, 0) is 30.7 Å². The summed E-state index contributed by atoms with van der Waals surface area (Å²) in [5, 5.41) is 4.13. The molecule has 32 heavy (non-hydrogen) atoms. The van der Waals surface area contributed by atoms with Crippen molar-refractivity contribution in [1.29, 1.82) is 0 Å². The van der Waals surface area contributed by atoms with Crippen molar-refractivity contribution in [2.45, 2.75) is 25.6 Å². The van der Waals surface area contributed by atoms with E-state index in [0.29, 0.717) is 36.6 Å². The Morgan fingerprint density at radius 2 is 1.97 bits per heavy atom. The average Bonchev–Trinajstić information content (AvgIpc) is 3.11. The number of amides is 1. The molecule has 0 aliphatic carbocycles. The van der Waals surface area contributed by atoms with Crippen molar-refractivity contribution < 1.29 is 22.7 Å². The molecule has 0 unspecified atom stereocenters. The lowest BCUT2D eigenvalue weighted by molar-refractivity contribution is -0.138. The summed E-state index contributed by atoms with van der Waals surface area (Å²) in [6.07, 6.45) is -3.28. The summed E-state index contributed by atoms with van der Waals surface area (Å²) in [5.41, 5.74) is 1.92. The lowest BCUT2D eigenvalue weighted by atomic mass is 10.0. The van der Waals surface area contributed by atoms with Gasteiger partial charge in [-0.25, -0.2) is 0 Å². The Morgan fingerprint density at radius 3 is 2.69 bits per heavy atom. The Bertz CT molecular complexity index is 1130. The van der Waals surface area contributed by atoms with Crippen LogP contribution in [0.25, 0.3) is 0 Å². The quantitative estimate of drug-likeness (QED) is 0.612. The maximum absolute atomic E-state index is 13.3. The van der Waals surface area contributed by atoms with Crippen LogP contribution in [0.5, 0.6) is 0 Å². The Kier molecular flexibility index (Phi) is 6.01. The smallest absolute Gasteiger partial charge is 0.368 e. The maximum Gasteiger partial charge on any atom is 0.416 e. The number of hydrogen-bond donors (Lipinski definition) is 0. The molecule has 168 valence electrons. The molecule has 1 fully saturated rings. The molecule has 0 N–H and O–H groups in total. The van der Waals surface area contributed by atoms with E-state index in [1.807, 2.05) is 6.92 Å². The first-order valence-electron chi connectivity index (χ1n) is 10.2. The summed E-state index contributed by atoms with van der Waals surface area (Å²) in [6.45, 7) is 2.94. The fraction of sp³-hybridized carbons (Fsp3) is 0.348. The third kappa shape index (κ3) is 4.52. The molecule has 1 aliphatic heterocycles. The number of rotatable bonds is 4. The van der Waals surface area contributed by atoms with Crippen LogP contribution in [-0.2, 0) is 24.4 Å². The van der Waals surface area contributed by atoms with Crippen LogP contribution in [0.15, 0.2) is 48.7 Å². The summed E-state index contributed by atoms with van der Waals surface area (Å²) < 4.78 is 47.5. The highest BCUT2D eigenvalue weighted by molar-refractivity contribution is 5.95. The van der Waals surface area contributed by atoms with Gasteiger partial charge in [0.15, 0.2) is 0 Å². The normalized spacial score (nSPS) is 16.9. The van der Waals surface area contributed by atoms with E-state index in [1.54, 1.807) is 47.1 Å². The number of aryl methyl sites for hydroxylation is 1. The van der Waals surface area contributed by atoms with Crippen molar-refractivity contribution in [2.24, 2.45) is 7.05 Å². The first kappa shape index (κ1) is 22.0. The number of benzene rings is 1. The number of hydrogen-bond acceptors (Lipinski definition) is 4. The topological polar surface area (TPSA) is 60.3 Å². The second-order valence-corrected chi connectivity index (χ2v) is 7.76. The van der Waals surface area contributed by atoms with Crippen molar-refractivity contribution >= 4 is 5.91 Å². The minimum absolute atomic E-state index is 0.0494. The number of carbonyl (C=O) groups is 1. The zero-order valence-electron chi connectivity index (χ0n) is 17.8. The molecule has 3 aromatic rings. The van der Waals surface area contributed by atoms with Crippen molar-refractivity contribution in [2.75, 3.05) is 19.7 Å². The number of morpholine rings is 1. The molecule has 3 heterocycles. The number of halogens is 3. The van der Waals surface area contributed by atoms with E-state index in [9.17, 15) is 18.0 Å². The molecule has 0 bridgehead atoms. The molecule has 2 aromatic heterocycles. The largest absolute Gasteiger partial charge is 0.416 e. The Labute approximate surface area is 183 Å². The van der Waals surface area contributed by atoms with Crippen molar-refractivity contribution in [1.82, 2.24) is 19.7 Å². The monoisotopic (exact) mass is 444 g/mol. The number of ether oxygens (including phenoxy) is 1. The molecule has 1 atom stereocenters. The lowest BCUT2D eigenvalue weighted by Crippen LogP contribution is -2.42. The summed E-state index contributed by atoms with van der Waals surface area (Å²) in [7, 11) is 1.78. The summed E-state index contributed by atoms with van der Waals surface area (Å²) in [6, 6.07) is 10.7. The van der Waals surface area contributed by atoms with Gasteiger partial charge in [0.1, 0.15) is 6.10 Å². The van der Waals surface area contributed by atoms with Crippen molar-refractivity contribution in [3.05, 3.63) is 82.4 Å². The molecule has 1 saturated heterocycles. The van der Waals surface area contributed by atoms with Gasteiger partial charge in [-0.3, -0.25) is 14.5 Å². The van der Waals surface area contributed by atoms with Crippen LogP contribution in [0, 0.1) is 6.92 Å². The van der Waals surface area contributed by atoms with E-state index in [0.717, 1.165) is 11.8 Å². The van der Waals surface area contributed by atoms with Gasteiger partial charge in [0.2, 0.25) is 0 Å². The lowest BCUT2D eigenvalue weighted by Gasteiger charge is -2.32. The number of carbonyl (C=O) groups excluding carboxylic acids is 1. The molecular formula is C23H23F3N4O2. The molecule has 0 saturated carbocycles. The van der Waals surface area contributed by atoms with Gasteiger partial charge < -0.3 is 9.64 Å². The van der Waals surface area contributed by atoms with Gasteiger partial charge in [-0.2, -0.15) is 18.3 Å². The van der Waals surface area contributed by atoms with Crippen LogP contribution in [-0.4, -0.2) is 45.3 Å². The van der Waals surface area contributed by atoms with Gasteiger partial charge in [0.25, 0.3) is 5.91 Å².